The van der Waals surface area contributed by atoms with Gasteiger partial charge in [-0.1, -0.05) is 140 Å². The summed E-state index contributed by atoms with van der Waals surface area (Å²) in [5.74, 6) is 3.09. The highest BCUT2D eigenvalue weighted by Crippen LogP contribution is 2.70. The molecule has 0 radical (unpaired) electrons. The molecule has 10 aromatic rings. The zero-order valence-electron chi connectivity index (χ0n) is 40.3. The molecule has 1 aromatic heterocycles. The van der Waals surface area contributed by atoms with E-state index in [0.29, 0.717) is 11.8 Å². The lowest BCUT2D eigenvalue weighted by Crippen LogP contribution is -2.64. The zero-order valence-corrected chi connectivity index (χ0v) is 41.1. The topological polar surface area (TPSA) is 6.48 Å². The highest BCUT2D eigenvalue weighted by atomic mass is 32.1. The smallest absolute Gasteiger partial charge is 0.252 e. The van der Waals surface area contributed by atoms with Crippen LogP contribution in [-0.2, 0) is 11.8 Å². The van der Waals surface area contributed by atoms with E-state index >= 15 is 0 Å². The molecule has 4 heterocycles. The Morgan fingerprint density at radius 3 is 1.90 bits per heavy atom. The maximum Gasteiger partial charge on any atom is 0.252 e. The molecule has 0 saturated heterocycles. The van der Waals surface area contributed by atoms with Crippen LogP contribution in [0.5, 0.6) is 0 Å². The first-order valence-corrected chi connectivity index (χ1v) is 27.2. The Balaban J connectivity index is 0.974. The maximum absolute atomic E-state index is 2.77. The van der Waals surface area contributed by atoms with E-state index in [1.165, 1.54) is 147 Å². The first kappa shape index (κ1) is 40.6. The molecule has 17 rings (SSSR count). The second-order valence-electron chi connectivity index (χ2n) is 22.0. The van der Waals surface area contributed by atoms with E-state index in [9.17, 15) is 0 Å². The molecule has 340 valence electrons. The average Bonchev–Trinajstić information content (AvgIpc) is 3.79. The molecule has 9 aromatic carbocycles. The van der Waals surface area contributed by atoms with Crippen LogP contribution in [0.2, 0.25) is 0 Å². The Morgan fingerprint density at radius 1 is 0.465 bits per heavy atom. The number of nitrogens with zero attached hydrogens (tertiary/aromatic N) is 2. The summed E-state index contributed by atoms with van der Waals surface area (Å²) in [6.45, 7) is 4.57. The summed E-state index contributed by atoms with van der Waals surface area (Å²) < 4.78 is 2.68. The van der Waals surface area contributed by atoms with Crippen LogP contribution < -0.4 is 26.2 Å². The molecule has 4 fully saturated rings. The minimum Gasteiger partial charge on any atom is -0.311 e. The average molecular weight is 929 g/mol. The van der Waals surface area contributed by atoms with Gasteiger partial charge in [-0.15, -0.1) is 11.3 Å². The van der Waals surface area contributed by atoms with Gasteiger partial charge in [-0.3, -0.25) is 0 Å². The number of fused-ring (bicyclic) bond motifs is 9. The van der Waals surface area contributed by atoms with Crippen molar-refractivity contribution < 1.29 is 0 Å². The van der Waals surface area contributed by atoms with Gasteiger partial charge >= 0.3 is 0 Å². The minimum absolute atomic E-state index is 0.0145. The highest BCUT2D eigenvalue weighted by molar-refractivity contribution is 7.25. The molecule has 3 aliphatic heterocycles. The fourth-order valence-corrected chi connectivity index (χ4v) is 16.8. The van der Waals surface area contributed by atoms with E-state index in [-0.39, 0.29) is 12.1 Å². The van der Waals surface area contributed by atoms with Crippen LogP contribution in [0.25, 0.3) is 53.6 Å². The van der Waals surface area contributed by atoms with E-state index in [2.05, 4.69) is 212 Å². The van der Waals surface area contributed by atoms with Crippen molar-refractivity contribution in [2.24, 2.45) is 23.7 Å². The quantitative estimate of drug-likeness (QED) is 0.159. The van der Waals surface area contributed by atoms with Crippen molar-refractivity contribution >= 4 is 88.7 Å². The number of hydrogen-bond acceptors (Lipinski definition) is 3. The molecule has 2 nitrogen and oxygen atoms in total. The van der Waals surface area contributed by atoms with Crippen molar-refractivity contribution in [1.82, 2.24) is 0 Å². The minimum atomic E-state index is 0.0145. The molecule has 0 amide bonds. The van der Waals surface area contributed by atoms with Gasteiger partial charge in [-0.05, 0) is 196 Å². The molecule has 1 spiro atoms. The first-order chi connectivity index (χ1) is 35.0. The fraction of sp³-hybridized carbons (Fsp3) is 0.194. The summed E-state index contributed by atoms with van der Waals surface area (Å²) in [7, 11) is 0. The van der Waals surface area contributed by atoms with Gasteiger partial charge < -0.3 is 9.80 Å². The van der Waals surface area contributed by atoms with Gasteiger partial charge in [0.2, 0.25) is 0 Å². The molecule has 4 bridgehead atoms. The number of aryl methyl sites for hydroxylation is 2. The van der Waals surface area contributed by atoms with Crippen molar-refractivity contribution in [2.75, 3.05) is 9.80 Å². The Labute approximate surface area is 421 Å². The Kier molecular flexibility index (Phi) is 8.54. The normalized spacial score (nSPS) is 21.7. The number of benzene rings is 9. The number of thiophene rings is 1. The first-order valence-electron chi connectivity index (χ1n) is 26.3. The maximum atomic E-state index is 2.77. The summed E-state index contributed by atoms with van der Waals surface area (Å²) in [5.41, 5.74) is 25.5. The van der Waals surface area contributed by atoms with E-state index in [1.54, 1.807) is 11.1 Å². The van der Waals surface area contributed by atoms with Crippen molar-refractivity contribution in [1.29, 1.82) is 0 Å². The summed E-state index contributed by atoms with van der Waals surface area (Å²) in [4.78, 5) is 5.39. The Hall–Kier alpha value is -7.14. The molecule has 71 heavy (non-hydrogen) atoms. The number of rotatable bonds is 5. The van der Waals surface area contributed by atoms with Gasteiger partial charge in [0.25, 0.3) is 6.71 Å². The molecular weight excluding hydrogens is 876 g/mol. The molecule has 4 heteroatoms. The van der Waals surface area contributed by atoms with E-state index in [1.807, 2.05) is 11.3 Å². The molecule has 4 saturated carbocycles. The third-order valence-corrected chi connectivity index (χ3v) is 19.7. The van der Waals surface area contributed by atoms with E-state index < -0.39 is 0 Å². The van der Waals surface area contributed by atoms with E-state index in [4.69, 9.17) is 0 Å². The fourth-order valence-electron chi connectivity index (χ4n) is 15.7. The molecule has 4 aliphatic carbocycles. The Bertz CT molecular complexity index is 3850. The second-order valence-corrected chi connectivity index (χ2v) is 23.1. The number of para-hydroxylation sites is 3. The molecule has 0 N–H and O–H groups in total. The van der Waals surface area contributed by atoms with Gasteiger partial charge in [0.05, 0.1) is 5.69 Å². The summed E-state index contributed by atoms with van der Waals surface area (Å²) >= 11 is 1.89. The third-order valence-electron chi connectivity index (χ3n) is 18.5. The van der Waals surface area contributed by atoms with Crippen LogP contribution in [0.15, 0.2) is 188 Å². The summed E-state index contributed by atoms with van der Waals surface area (Å²) in [6, 6.07) is 73.4. The van der Waals surface area contributed by atoms with Gasteiger partial charge in [0, 0.05) is 54.0 Å². The second kappa shape index (κ2) is 14.9. The third kappa shape index (κ3) is 5.60. The predicted molar refractivity (Wildman–Crippen MR) is 302 cm³/mol. The molecular formula is C67H53BN2S. The SMILES string of the molecule is CCc1ccc(-c2ccc3c(c2)B2c4cccc5c4N(c4ccccc4C54C5CC6CC(C5)CC4C6)c4cc(-c5cccc(-c6ccc7sc8ccccc8c7c6)c5)cc(c42)N3c2ccccc2C)cc1. The van der Waals surface area contributed by atoms with Crippen molar-refractivity contribution in [2.45, 2.75) is 57.8 Å². The standard InChI is InChI=1S/C67H53BN2S/c1-3-41-22-24-44(25-23-41)48-26-28-60-57(37-48)68-56-18-11-17-55-66(56)70(59-20-8-6-16-54(59)67(55)50-31-42-30-43(33-50)34-51(67)32-42)62-39-49(38-61(65(62)68)69(60)58-19-7-4-12-40(58)2)46-14-10-13-45(35-46)47-27-29-64-53(36-47)52-15-5-9-21-63(52)71-64/h4-29,35-39,42-43,50-51H,3,30-34H2,1-2H3. The van der Waals surface area contributed by atoms with Gasteiger partial charge in [-0.2, -0.15) is 0 Å². The summed E-state index contributed by atoms with van der Waals surface area (Å²) in [5, 5.41) is 2.67. The van der Waals surface area contributed by atoms with Crippen LogP contribution in [0.4, 0.5) is 34.1 Å². The van der Waals surface area contributed by atoms with Gasteiger partial charge in [0.15, 0.2) is 0 Å². The van der Waals surface area contributed by atoms with E-state index in [0.717, 1.165) is 18.3 Å². The van der Waals surface area contributed by atoms with Gasteiger partial charge in [-0.25, -0.2) is 0 Å². The number of anilines is 6. The van der Waals surface area contributed by atoms with Crippen LogP contribution in [-0.4, -0.2) is 6.71 Å². The molecule has 0 atom stereocenters. The Morgan fingerprint density at radius 2 is 1.10 bits per heavy atom. The summed E-state index contributed by atoms with van der Waals surface area (Å²) in [6.07, 6.45) is 7.93. The number of hydrogen-bond donors (Lipinski definition) is 0. The van der Waals surface area contributed by atoms with Crippen molar-refractivity contribution in [3.63, 3.8) is 0 Å². The predicted octanol–water partition coefficient (Wildman–Crippen LogP) is 16.1. The zero-order chi connectivity index (χ0) is 46.7. The lowest BCUT2D eigenvalue weighted by Gasteiger charge is -2.64. The van der Waals surface area contributed by atoms with Crippen LogP contribution in [0, 0.1) is 30.6 Å². The van der Waals surface area contributed by atoms with Crippen molar-refractivity contribution in [3.05, 3.63) is 210 Å². The van der Waals surface area contributed by atoms with Crippen LogP contribution in [0.3, 0.4) is 0 Å². The van der Waals surface area contributed by atoms with Crippen LogP contribution >= 0.6 is 11.3 Å². The highest BCUT2D eigenvalue weighted by Gasteiger charge is 2.62. The molecule has 7 aliphatic rings. The van der Waals surface area contributed by atoms with Crippen molar-refractivity contribution in [3.8, 4) is 33.4 Å². The lowest BCUT2D eigenvalue weighted by atomic mass is 9.32. The van der Waals surface area contributed by atoms with Crippen LogP contribution in [0.1, 0.15) is 61.3 Å². The van der Waals surface area contributed by atoms with Gasteiger partial charge in [0.1, 0.15) is 0 Å². The molecule has 0 unspecified atom stereocenters. The largest absolute Gasteiger partial charge is 0.311 e. The monoisotopic (exact) mass is 928 g/mol. The lowest BCUT2D eigenvalue weighted by molar-refractivity contribution is -0.0419.